The molecule has 1 fully saturated rings. The minimum atomic E-state index is -0.521. The van der Waals surface area contributed by atoms with Gasteiger partial charge in [-0.15, -0.1) is 0 Å². The van der Waals surface area contributed by atoms with Crippen molar-refractivity contribution >= 4 is 11.8 Å². The van der Waals surface area contributed by atoms with E-state index in [1.165, 1.54) is 0 Å². The van der Waals surface area contributed by atoms with Gasteiger partial charge < -0.3 is 16.0 Å². The molecule has 1 saturated heterocycles. The van der Waals surface area contributed by atoms with Crippen LogP contribution in [-0.4, -0.2) is 36.5 Å². The first-order valence-electron chi connectivity index (χ1n) is 6.69. The lowest BCUT2D eigenvalue weighted by Gasteiger charge is -2.25. The fraction of sp³-hybridized carbons (Fsp3) is 0.846. The van der Waals surface area contributed by atoms with Gasteiger partial charge in [0, 0.05) is 6.54 Å². The average molecular weight is 255 g/mol. The molecule has 1 rings (SSSR count). The highest BCUT2D eigenvalue weighted by Gasteiger charge is 2.36. The van der Waals surface area contributed by atoms with Crippen LogP contribution in [0.2, 0.25) is 0 Å². The van der Waals surface area contributed by atoms with Crippen LogP contribution >= 0.6 is 0 Å². The van der Waals surface area contributed by atoms with E-state index >= 15 is 0 Å². The summed E-state index contributed by atoms with van der Waals surface area (Å²) in [5.41, 5.74) is -0.521. The zero-order valence-corrected chi connectivity index (χ0v) is 11.8. The number of carbonyl (C=O) groups excluding carboxylic acids is 2. The third-order valence-electron chi connectivity index (χ3n) is 3.30. The molecule has 1 heterocycles. The van der Waals surface area contributed by atoms with E-state index in [2.05, 4.69) is 16.0 Å². The average Bonchev–Trinajstić information content (AvgIpc) is 2.74. The predicted octanol–water partition coefficient (Wildman–Crippen LogP) is 0.405. The van der Waals surface area contributed by atoms with Crippen molar-refractivity contribution in [3.8, 4) is 0 Å². The van der Waals surface area contributed by atoms with E-state index in [4.69, 9.17) is 0 Å². The summed E-state index contributed by atoms with van der Waals surface area (Å²) in [7, 11) is 0. The highest BCUT2D eigenvalue weighted by Crippen LogP contribution is 2.18. The van der Waals surface area contributed by atoms with E-state index in [1.807, 2.05) is 20.8 Å². The van der Waals surface area contributed by atoms with Crippen LogP contribution in [0.4, 0.5) is 0 Å². The molecule has 5 nitrogen and oxygen atoms in total. The zero-order chi connectivity index (χ0) is 13.8. The normalized spacial score (nSPS) is 24.9. The molecule has 0 aliphatic carbocycles. The van der Waals surface area contributed by atoms with Crippen molar-refractivity contribution in [2.45, 2.75) is 52.1 Å². The van der Waals surface area contributed by atoms with Gasteiger partial charge >= 0.3 is 0 Å². The van der Waals surface area contributed by atoms with Crippen LogP contribution in [-0.2, 0) is 9.59 Å². The van der Waals surface area contributed by atoms with E-state index in [-0.39, 0.29) is 11.8 Å². The summed E-state index contributed by atoms with van der Waals surface area (Å²) >= 11 is 0. The second-order valence-electron chi connectivity index (χ2n) is 5.70. The zero-order valence-electron chi connectivity index (χ0n) is 11.8. The van der Waals surface area contributed by atoms with E-state index in [0.717, 1.165) is 19.4 Å². The first-order chi connectivity index (χ1) is 8.35. The van der Waals surface area contributed by atoms with Gasteiger partial charge in [0.25, 0.3) is 0 Å². The number of hydrogen-bond donors (Lipinski definition) is 3. The smallest absolute Gasteiger partial charge is 0.242 e. The second kappa shape index (κ2) is 6.18. The standard InChI is InChI=1S/C13H25N3O2/c1-9(2)8-14-11(17)10(3)16-12(18)13(4)6-5-7-15-13/h9-10,15H,5-8H2,1-4H3,(H,14,17)(H,16,18). The van der Waals surface area contributed by atoms with Crippen molar-refractivity contribution in [3.05, 3.63) is 0 Å². The van der Waals surface area contributed by atoms with Crippen LogP contribution in [0.3, 0.4) is 0 Å². The van der Waals surface area contributed by atoms with Gasteiger partial charge in [-0.05, 0) is 39.2 Å². The van der Waals surface area contributed by atoms with Crippen molar-refractivity contribution < 1.29 is 9.59 Å². The largest absolute Gasteiger partial charge is 0.354 e. The molecule has 3 N–H and O–H groups in total. The van der Waals surface area contributed by atoms with Gasteiger partial charge in [0.15, 0.2) is 0 Å². The molecular weight excluding hydrogens is 230 g/mol. The summed E-state index contributed by atoms with van der Waals surface area (Å²) in [4.78, 5) is 23.8. The van der Waals surface area contributed by atoms with Gasteiger partial charge in [0.1, 0.15) is 6.04 Å². The molecule has 104 valence electrons. The Hall–Kier alpha value is -1.10. The highest BCUT2D eigenvalue weighted by atomic mass is 16.2. The topological polar surface area (TPSA) is 70.2 Å². The van der Waals surface area contributed by atoms with Gasteiger partial charge in [-0.25, -0.2) is 0 Å². The third kappa shape index (κ3) is 3.98. The van der Waals surface area contributed by atoms with E-state index in [1.54, 1.807) is 6.92 Å². The molecule has 5 heteroatoms. The molecule has 18 heavy (non-hydrogen) atoms. The Kier molecular flexibility index (Phi) is 5.14. The molecule has 0 saturated carbocycles. The summed E-state index contributed by atoms with van der Waals surface area (Å²) in [5, 5.41) is 8.77. The number of carbonyl (C=O) groups is 2. The van der Waals surface area contributed by atoms with Gasteiger partial charge in [0.05, 0.1) is 5.54 Å². The van der Waals surface area contributed by atoms with E-state index in [9.17, 15) is 9.59 Å². The van der Waals surface area contributed by atoms with Crippen LogP contribution in [0.25, 0.3) is 0 Å². The second-order valence-corrected chi connectivity index (χ2v) is 5.70. The number of rotatable bonds is 5. The molecule has 2 amide bonds. The molecule has 0 bridgehead atoms. The van der Waals surface area contributed by atoms with Crippen molar-refractivity contribution in [2.24, 2.45) is 5.92 Å². The summed E-state index contributed by atoms with van der Waals surface area (Å²) in [6.45, 7) is 9.16. The Morgan fingerprint density at radius 3 is 2.50 bits per heavy atom. The van der Waals surface area contributed by atoms with Crippen LogP contribution in [0.1, 0.15) is 40.5 Å². The highest BCUT2D eigenvalue weighted by molar-refractivity contribution is 5.91. The number of hydrogen-bond acceptors (Lipinski definition) is 3. The molecule has 0 radical (unpaired) electrons. The first kappa shape index (κ1) is 15.0. The maximum Gasteiger partial charge on any atom is 0.242 e. The lowest BCUT2D eigenvalue weighted by Crippen LogP contribution is -2.56. The summed E-state index contributed by atoms with van der Waals surface area (Å²) in [6.07, 6.45) is 1.82. The molecule has 1 aliphatic rings. The summed E-state index contributed by atoms with van der Waals surface area (Å²) in [6, 6.07) is -0.490. The molecule has 2 unspecified atom stereocenters. The first-order valence-corrected chi connectivity index (χ1v) is 6.69. The Bertz CT molecular complexity index is 309. The van der Waals surface area contributed by atoms with Crippen molar-refractivity contribution in [1.82, 2.24) is 16.0 Å². The maximum absolute atomic E-state index is 12.1. The van der Waals surface area contributed by atoms with Gasteiger partial charge in [-0.3, -0.25) is 9.59 Å². The van der Waals surface area contributed by atoms with E-state index < -0.39 is 11.6 Å². The van der Waals surface area contributed by atoms with E-state index in [0.29, 0.717) is 12.5 Å². The van der Waals surface area contributed by atoms with Crippen molar-refractivity contribution in [2.75, 3.05) is 13.1 Å². The van der Waals surface area contributed by atoms with Crippen molar-refractivity contribution in [1.29, 1.82) is 0 Å². The van der Waals surface area contributed by atoms with Crippen LogP contribution in [0.5, 0.6) is 0 Å². The van der Waals surface area contributed by atoms with Crippen molar-refractivity contribution in [3.63, 3.8) is 0 Å². The SMILES string of the molecule is CC(C)CNC(=O)C(C)NC(=O)C1(C)CCCN1. The summed E-state index contributed by atoms with van der Waals surface area (Å²) in [5.74, 6) is 0.191. The van der Waals surface area contributed by atoms with Gasteiger partial charge in [-0.1, -0.05) is 13.8 Å². The fourth-order valence-corrected chi connectivity index (χ4v) is 1.97. The number of nitrogens with one attached hydrogen (secondary N) is 3. The Morgan fingerprint density at radius 1 is 1.33 bits per heavy atom. The predicted molar refractivity (Wildman–Crippen MR) is 71.1 cm³/mol. The molecule has 2 atom stereocenters. The molecular formula is C13H25N3O2. The molecule has 0 aromatic carbocycles. The summed E-state index contributed by atoms with van der Waals surface area (Å²) < 4.78 is 0. The maximum atomic E-state index is 12.1. The van der Waals surface area contributed by atoms with Gasteiger partial charge in [-0.2, -0.15) is 0 Å². The molecule has 0 spiro atoms. The lowest BCUT2D eigenvalue weighted by molar-refractivity contribution is -0.131. The molecule has 0 aromatic heterocycles. The lowest BCUT2D eigenvalue weighted by atomic mass is 9.99. The fourth-order valence-electron chi connectivity index (χ4n) is 1.97. The van der Waals surface area contributed by atoms with Crippen LogP contribution in [0.15, 0.2) is 0 Å². The monoisotopic (exact) mass is 255 g/mol. The molecule has 1 aliphatic heterocycles. The van der Waals surface area contributed by atoms with Gasteiger partial charge in [0.2, 0.25) is 11.8 Å². The Labute approximate surface area is 109 Å². The van der Waals surface area contributed by atoms with Crippen LogP contribution in [0, 0.1) is 5.92 Å². The minimum Gasteiger partial charge on any atom is -0.354 e. The minimum absolute atomic E-state index is 0.0906. The quantitative estimate of drug-likeness (QED) is 0.666. The molecule has 0 aromatic rings. The van der Waals surface area contributed by atoms with Crippen LogP contribution < -0.4 is 16.0 Å². The number of amides is 2. The third-order valence-corrected chi connectivity index (χ3v) is 3.30. The Balaban J connectivity index is 2.41. The Morgan fingerprint density at radius 2 is 2.00 bits per heavy atom.